The molecule has 6 nitrogen and oxygen atoms in total. The van der Waals surface area contributed by atoms with Gasteiger partial charge in [0.1, 0.15) is 0 Å². The molecule has 0 aliphatic rings. The van der Waals surface area contributed by atoms with E-state index in [2.05, 4.69) is 32.9 Å². The van der Waals surface area contributed by atoms with E-state index in [4.69, 9.17) is 4.74 Å². The quantitative estimate of drug-likeness (QED) is 0.285. The second kappa shape index (κ2) is 11.9. The van der Waals surface area contributed by atoms with Gasteiger partial charge in [-0.2, -0.15) is 5.10 Å². The second-order valence-corrected chi connectivity index (χ2v) is 5.18. The molecular formula is C17H26IN5O. The van der Waals surface area contributed by atoms with Gasteiger partial charge in [0.15, 0.2) is 5.96 Å². The van der Waals surface area contributed by atoms with Crippen molar-refractivity contribution in [3.63, 3.8) is 0 Å². The Hall–Kier alpha value is -1.61. The highest BCUT2D eigenvalue weighted by atomic mass is 127. The Balaban J connectivity index is 0.00000288. The van der Waals surface area contributed by atoms with E-state index < -0.39 is 0 Å². The molecule has 0 spiro atoms. The van der Waals surface area contributed by atoms with E-state index in [9.17, 15) is 0 Å². The number of hydrogen-bond donors (Lipinski definition) is 2. The number of aliphatic imine (C=N–C) groups is 1. The molecule has 7 heteroatoms. The Bertz CT molecular complexity index is 601. The van der Waals surface area contributed by atoms with E-state index >= 15 is 0 Å². The van der Waals surface area contributed by atoms with Crippen LogP contribution in [0.3, 0.4) is 0 Å². The van der Waals surface area contributed by atoms with Gasteiger partial charge in [-0.25, -0.2) is 0 Å². The second-order valence-electron chi connectivity index (χ2n) is 5.18. The molecule has 0 saturated heterocycles. The van der Waals surface area contributed by atoms with Crippen LogP contribution in [0.5, 0.6) is 0 Å². The maximum absolute atomic E-state index is 5.23. The molecule has 2 N–H and O–H groups in total. The maximum atomic E-state index is 5.23. The average Bonchev–Trinajstić information content (AvgIpc) is 3.09. The Morgan fingerprint density at radius 3 is 2.67 bits per heavy atom. The van der Waals surface area contributed by atoms with Crippen molar-refractivity contribution in [2.24, 2.45) is 4.99 Å². The predicted octanol–water partition coefficient (Wildman–Crippen LogP) is 2.40. The Labute approximate surface area is 160 Å². The molecule has 2 rings (SSSR count). The molecule has 0 saturated carbocycles. The third-order valence-electron chi connectivity index (χ3n) is 3.50. The monoisotopic (exact) mass is 443 g/mol. The first-order valence-electron chi connectivity index (χ1n) is 7.81. The molecule has 132 valence electrons. The van der Waals surface area contributed by atoms with Gasteiger partial charge in [-0.3, -0.25) is 9.67 Å². The highest BCUT2D eigenvalue weighted by Gasteiger charge is 2.03. The van der Waals surface area contributed by atoms with Crippen LogP contribution >= 0.6 is 24.0 Å². The standard InChI is InChI=1S/C17H25N5O.HI/c1-18-17(19-9-5-11-22-12-6-10-21-22)20-13-15-7-3-4-8-16(15)14-23-2;/h3-4,6-8,10,12H,5,9,11,13-14H2,1-2H3,(H2,18,19,20);1H. The SMILES string of the molecule is CN=C(NCCCn1cccn1)NCc1ccccc1COC.I. The molecule has 1 aromatic carbocycles. The number of hydrogen-bond acceptors (Lipinski definition) is 3. The lowest BCUT2D eigenvalue weighted by Crippen LogP contribution is -2.37. The highest BCUT2D eigenvalue weighted by Crippen LogP contribution is 2.09. The zero-order valence-corrected chi connectivity index (χ0v) is 16.6. The molecule has 2 aromatic rings. The molecule has 0 radical (unpaired) electrons. The zero-order valence-electron chi connectivity index (χ0n) is 14.2. The van der Waals surface area contributed by atoms with Crippen molar-refractivity contribution in [1.82, 2.24) is 20.4 Å². The van der Waals surface area contributed by atoms with Crippen molar-refractivity contribution in [2.75, 3.05) is 20.7 Å². The molecule has 0 bridgehead atoms. The van der Waals surface area contributed by atoms with E-state index in [0.29, 0.717) is 6.61 Å². The smallest absolute Gasteiger partial charge is 0.191 e. The molecule has 0 aliphatic carbocycles. The van der Waals surface area contributed by atoms with Crippen molar-refractivity contribution in [3.8, 4) is 0 Å². The summed E-state index contributed by atoms with van der Waals surface area (Å²) in [4.78, 5) is 4.25. The number of methoxy groups -OCH3 is 1. The molecule has 0 amide bonds. The number of ether oxygens (including phenoxy) is 1. The van der Waals surface area contributed by atoms with E-state index in [1.165, 1.54) is 11.1 Å². The summed E-state index contributed by atoms with van der Waals surface area (Å²) in [6.07, 6.45) is 4.76. The summed E-state index contributed by atoms with van der Waals surface area (Å²) < 4.78 is 7.16. The molecule has 0 atom stereocenters. The zero-order chi connectivity index (χ0) is 16.3. The van der Waals surface area contributed by atoms with Crippen LogP contribution in [0.15, 0.2) is 47.7 Å². The van der Waals surface area contributed by atoms with Crippen LogP contribution in [0.25, 0.3) is 0 Å². The van der Waals surface area contributed by atoms with Crippen molar-refractivity contribution >= 4 is 29.9 Å². The summed E-state index contributed by atoms with van der Waals surface area (Å²) in [6, 6.07) is 10.2. The first kappa shape index (κ1) is 20.4. The molecule has 0 unspecified atom stereocenters. The maximum Gasteiger partial charge on any atom is 0.191 e. The third-order valence-corrected chi connectivity index (χ3v) is 3.50. The number of benzene rings is 1. The van der Waals surface area contributed by atoms with E-state index in [0.717, 1.165) is 32.0 Å². The lowest BCUT2D eigenvalue weighted by atomic mass is 10.1. The van der Waals surface area contributed by atoms with E-state index in [-0.39, 0.29) is 24.0 Å². The van der Waals surface area contributed by atoms with Crippen LogP contribution in [-0.4, -0.2) is 36.4 Å². The van der Waals surface area contributed by atoms with Crippen molar-refractivity contribution in [2.45, 2.75) is 26.1 Å². The summed E-state index contributed by atoms with van der Waals surface area (Å²) in [5.41, 5.74) is 2.41. The van der Waals surface area contributed by atoms with Crippen LogP contribution in [0, 0.1) is 0 Å². The number of rotatable bonds is 8. The Kier molecular flexibility index (Phi) is 10.1. The normalized spacial score (nSPS) is 11.0. The van der Waals surface area contributed by atoms with Crippen LogP contribution in [0.4, 0.5) is 0 Å². The van der Waals surface area contributed by atoms with Crippen molar-refractivity contribution in [1.29, 1.82) is 0 Å². The number of aryl methyl sites for hydroxylation is 1. The number of nitrogens with one attached hydrogen (secondary N) is 2. The van der Waals surface area contributed by atoms with Crippen LogP contribution in [-0.2, 0) is 24.4 Å². The fraction of sp³-hybridized carbons (Fsp3) is 0.412. The van der Waals surface area contributed by atoms with E-state index in [1.807, 2.05) is 29.1 Å². The summed E-state index contributed by atoms with van der Waals surface area (Å²) >= 11 is 0. The van der Waals surface area contributed by atoms with E-state index in [1.54, 1.807) is 20.4 Å². The fourth-order valence-electron chi connectivity index (χ4n) is 2.31. The molecular weight excluding hydrogens is 417 g/mol. The van der Waals surface area contributed by atoms with Gasteiger partial charge in [0, 0.05) is 46.2 Å². The molecule has 24 heavy (non-hydrogen) atoms. The minimum atomic E-state index is 0. The average molecular weight is 443 g/mol. The van der Waals surface area contributed by atoms with Crippen LogP contribution in [0.1, 0.15) is 17.5 Å². The number of guanidine groups is 1. The number of nitrogens with zero attached hydrogens (tertiary/aromatic N) is 3. The predicted molar refractivity (Wildman–Crippen MR) is 108 cm³/mol. The van der Waals surface area contributed by atoms with Crippen molar-refractivity contribution < 1.29 is 4.74 Å². The van der Waals surface area contributed by atoms with Crippen molar-refractivity contribution in [3.05, 3.63) is 53.9 Å². The minimum Gasteiger partial charge on any atom is -0.380 e. The highest BCUT2D eigenvalue weighted by molar-refractivity contribution is 14.0. The first-order valence-corrected chi connectivity index (χ1v) is 7.81. The lowest BCUT2D eigenvalue weighted by molar-refractivity contribution is 0.184. The summed E-state index contributed by atoms with van der Waals surface area (Å²) in [7, 11) is 3.49. The Morgan fingerprint density at radius 2 is 2.00 bits per heavy atom. The third kappa shape index (κ3) is 6.88. The largest absolute Gasteiger partial charge is 0.380 e. The first-order chi connectivity index (χ1) is 11.3. The minimum absolute atomic E-state index is 0. The van der Waals surface area contributed by atoms with Gasteiger partial charge in [-0.05, 0) is 23.6 Å². The Morgan fingerprint density at radius 1 is 1.21 bits per heavy atom. The summed E-state index contributed by atoms with van der Waals surface area (Å²) in [6.45, 7) is 3.08. The van der Waals surface area contributed by atoms with Gasteiger partial charge in [0.2, 0.25) is 0 Å². The van der Waals surface area contributed by atoms with Gasteiger partial charge in [0.05, 0.1) is 6.61 Å². The van der Waals surface area contributed by atoms with Gasteiger partial charge in [-0.1, -0.05) is 24.3 Å². The topological polar surface area (TPSA) is 63.5 Å². The number of halogens is 1. The lowest BCUT2D eigenvalue weighted by Gasteiger charge is -2.14. The van der Waals surface area contributed by atoms with Gasteiger partial charge in [0.25, 0.3) is 0 Å². The molecule has 0 aliphatic heterocycles. The molecule has 1 heterocycles. The summed E-state index contributed by atoms with van der Waals surface area (Å²) in [5.74, 6) is 0.803. The van der Waals surface area contributed by atoms with Gasteiger partial charge >= 0.3 is 0 Å². The van der Waals surface area contributed by atoms with Gasteiger partial charge < -0.3 is 15.4 Å². The summed E-state index contributed by atoms with van der Waals surface area (Å²) in [5, 5.41) is 10.8. The fourth-order valence-corrected chi connectivity index (χ4v) is 2.31. The molecule has 0 fully saturated rings. The molecule has 1 aromatic heterocycles. The van der Waals surface area contributed by atoms with Crippen LogP contribution in [0.2, 0.25) is 0 Å². The van der Waals surface area contributed by atoms with Crippen LogP contribution < -0.4 is 10.6 Å². The number of aromatic nitrogens is 2. The van der Waals surface area contributed by atoms with Gasteiger partial charge in [-0.15, -0.1) is 24.0 Å².